The van der Waals surface area contributed by atoms with Crippen LogP contribution in [0.2, 0.25) is 0 Å². The van der Waals surface area contributed by atoms with Crippen LogP contribution in [0.5, 0.6) is 11.5 Å². The number of methoxy groups -OCH3 is 1. The fraction of sp³-hybridized carbons (Fsp3) is 0.222. The Hall–Kier alpha value is -3.52. The molecular formula is C27H25BrFN3O3. The van der Waals surface area contributed by atoms with Gasteiger partial charge in [0, 0.05) is 16.0 Å². The van der Waals surface area contributed by atoms with Crippen molar-refractivity contribution in [3.63, 3.8) is 0 Å². The minimum absolute atomic E-state index is 0.0157. The highest BCUT2D eigenvalue weighted by atomic mass is 79.9. The molecule has 4 rings (SSSR count). The van der Waals surface area contributed by atoms with Crippen molar-refractivity contribution in [2.24, 2.45) is 5.10 Å². The van der Waals surface area contributed by atoms with Gasteiger partial charge in [-0.15, -0.1) is 0 Å². The molecule has 0 N–H and O–H groups in total. The molecule has 0 fully saturated rings. The molecule has 0 saturated heterocycles. The average Bonchev–Trinajstić information content (AvgIpc) is 2.86. The number of para-hydroxylation sites is 1. The molecule has 1 atom stereocenters. The molecule has 180 valence electrons. The second kappa shape index (κ2) is 10.8. The van der Waals surface area contributed by atoms with Gasteiger partial charge in [-0.2, -0.15) is 9.78 Å². The topological polar surface area (TPSA) is 65.7 Å². The monoisotopic (exact) mass is 537 g/mol. The number of rotatable bonds is 8. The summed E-state index contributed by atoms with van der Waals surface area (Å²) in [7, 11) is 1.54. The first-order valence-corrected chi connectivity index (χ1v) is 12.0. The molecule has 6 nitrogen and oxygen atoms in total. The number of fused-ring (bicyclic) bond motifs is 1. The number of hydrogen-bond donors (Lipinski definition) is 0. The smallest absolute Gasteiger partial charge is 0.282 e. The molecule has 0 aliphatic rings. The van der Waals surface area contributed by atoms with Gasteiger partial charge in [0.05, 0.1) is 24.2 Å². The highest BCUT2D eigenvalue weighted by Gasteiger charge is 2.16. The molecule has 4 aromatic rings. The van der Waals surface area contributed by atoms with Crippen LogP contribution in [-0.4, -0.2) is 23.0 Å². The van der Waals surface area contributed by atoms with Crippen LogP contribution in [-0.2, 0) is 6.61 Å². The molecule has 35 heavy (non-hydrogen) atoms. The molecule has 0 aliphatic heterocycles. The lowest BCUT2D eigenvalue weighted by Gasteiger charge is -2.15. The molecule has 3 aromatic carbocycles. The highest BCUT2D eigenvalue weighted by molar-refractivity contribution is 9.10. The third-order valence-electron chi connectivity index (χ3n) is 5.70. The summed E-state index contributed by atoms with van der Waals surface area (Å²) in [4.78, 5) is 18.1. The summed E-state index contributed by atoms with van der Waals surface area (Å²) in [5.41, 5.74) is 1.66. The Balaban J connectivity index is 1.77. The number of ether oxygens (including phenoxy) is 2. The van der Waals surface area contributed by atoms with Gasteiger partial charge in [-0.25, -0.2) is 9.37 Å². The Morgan fingerprint density at radius 1 is 1.17 bits per heavy atom. The minimum Gasteiger partial charge on any atom is -0.493 e. The van der Waals surface area contributed by atoms with E-state index < -0.39 is 0 Å². The van der Waals surface area contributed by atoms with Gasteiger partial charge in [-0.05, 0) is 54.4 Å². The zero-order chi connectivity index (χ0) is 24.9. The van der Waals surface area contributed by atoms with Crippen LogP contribution in [0.25, 0.3) is 10.9 Å². The van der Waals surface area contributed by atoms with Crippen LogP contribution in [0.15, 0.2) is 75.0 Å². The molecule has 0 spiro atoms. The Morgan fingerprint density at radius 3 is 2.71 bits per heavy atom. The fourth-order valence-corrected chi connectivity index (χ4v) is 3.99. The molecule has 0 aliphatic carbocycles. The normalized spacial score (nSPS) is 12.3. The second-order valence-corrected chi connectivity index (χ2v) is 9.02. The highest BCUT2D eigenvalue weighted by Crippen LogP contribution is 2.31. The third-order valence-corrected chi connectivity index (χ3v) is 6.19. The predicted octanol–water partition coefficient (Wildman–Crippen LogP) is 6.28. The van der Waals surface area contributed by atoms with Gasteiger partial charge in [0.15, 0.2) is 11.5 Å². The van der Waals surface area contributed by atoms with Gasteiger partial charge in [0.2, 0.25) is 0 Å². The first-order valence-electron chi connectivity index (χ1n) is 11.2. The number of nitrogens with zero attached hydrogens (tertiary/aromatic N) is 3. The molecular weight excluding hydrogens is 513 g/mol. The van der Waals surface area contributed by atoms with E-state index in [4.69, 9.17) is 14.5 Å². The summed E-state index contributed by atoms with van der Waals surface area (Å²) in [6.45, 7) is 4.19. The zero-order valence-corrected chi connectivity index (χ0v) is 21.3. The lowest BCUT2D eigenvalue weighted by Crippen LogP contribution is -2.23. The molecule has 1 aromatic heterocycles. The Bertz CT molecular complexity index is 1450. The maximum Gasteiger partial charge on any atom is 0.282 e. The molecule has 0 bridgehead atoms. The van der Waals surface area contributed by atoms with Crippen molar-refractivity contribution >= 4 is 33.0 Å². The quantitative estimate of drug-likeness (QED) is 0.248. The summed E-state index contributed by atoms with van der Waals surface area (Å²) >= 11 is 3.43. The van der Waals surface area contributed by atoms with E-state index in [2.05, 4.69) is 21.0 Å². The van der Waals surface area contributed by atoms with Crippen molar-refractivity contribution in [1.82, 2.24) is 9.66 Å². The standard InChI is InChI=1S/C27H25BrFN3O3/c1-4-17(2)26-31-23-12-11-20(28)14-22(23)27(33)32(26)30-15-19-8-6-10-24(34-3)25(19)35-16-18-7-5-9-21(29)13-18/h5-15,17H,4,16H2,1-3H3/t17-/m1/s1. The Labute approximate surface area is 211 Å². The van der Waals surface area contributed by atoms with E-state index in [9.17, 15) is 9.18 Å². The summed E-state index contributed by atoms with van der Waals surface area (Å²) in [5.74, 6) is 1.20. The second-order valence-electron chi connectivity index (χ2n) is 8.10. The summed E-state index contributed by atoms with van der Waals surface area (Å²) in [5, 5.41) is 5.01. The summed E-state index contributed by atoms with van der Waals surface area (Å²) in [6, 6.07) is 17.0. The van der Waals surface area contributed by atoms with Crippen molar-refractivity contribution < 1.29 is 13.9 Å². The van der Waals surface area contributed by atoms with Crippen LogP contribution in [0.4, 0.5) is 4.39 Å². The summed E-state index contributed by atoms with van der Waals surface area (Å²) in [6.07, 6.45) is 2.35. The maximum absolute atomic E-state index is 13.6. The first-order chi connectivity index (χ1) is 16.9. The maximum atomic E-state index is 13.6. The van der Waals surface area contributed by atoms with E-state index in [-0.39, 0.29) is 23.9 Å². The number of aromatic nitrogens is 2. The molecule has 0 amide bonds. The van der Waals surface area contributed by atoms with Gasteiger partial charge in [-0.3, -0.25) is 4.79 Å². The van der Waals surface area contributed by atoms with Crippen molar-refractivity contribution in [1.29, 1.82) is 0 Å². The largest absolute Gasteiger partial charge is 0.493 e. The van der Waals surface area contributed by atoms with Gasteiger partial charge < -0.3 is 9.47 Å². The van der Waals surface area contributed by atoms with Gasteiger partial charge >= 0.3 is 0 Å². The van der Waals surface area contributed by atoms with Gasteiger partial charge in [0.1, 0.15) is 18.2 Å². The fourth-order valence-electron chi connectivity index (χ4n) is 3.63. The van der Waals surface area contributed by atoms with Crippen LogP contribution in [0.3, 0.4) is 0 Å². The Morgan fingerprint density at radius 2 is 1.97 bits per heavy atom. The number of halogens is 2. The van der Waals surface area contributed by atoms with E-state index in [0.29, 0.717) is 39.4 Å². The van der Waals surface area contributed by atoms with Crippen molar-refractivity contribution in [3.8, 4) is 11.5 Å². The summed E-state index contributed by atoms with van der Waals surface area (Å²) < 4.78 is 27.2. The van der Waals surface area contributed by atoms with Crippen LogP contribution in [0, 0.1) is 5.82 Å². The van der Waals surface area contributed by atoms with E-state index in [0.717, 1.165) is 10.9 Å². The number of hydrogen-bond acceptors (Lipinski definition) is 5. The molecule has 8 heteroatoms. The van der Waals surface area contributed by atoms with Crippen LogP contribution < -0.4 is 15.0 Å². The third kappa shape index (κ3) is 5.43. The van der Waals surface area contributed by atoms with Crippen molar-refractivity contribution in [3.05, 3.63) is 98.3 Å². The molecule has 0 unspecified atom stereocenters. The minimum atomic E-state index is -0.333. The first kappa shape index (κ1) is 24.6. The lowest BCUT2D eigenvalue weighted by molar-refractivity contribution is 0.283. The molecule has 0 radical (unpaired) electrons. The van der Waals surface area contributed by atoms with Gasteiger partial charge in [0.25, 0.3) is 5.56 Å². The van der Waals surface area contributed by atoms with E-state index in [1.807, 2.05) is 38.1 Å². The average molecular weight is 538 g/mol. The SMILES string of the molecule is CC[C@@H](C)c1nc2ccc(Br)cc2c(=O)n1N=Cc1cccc(OC)c1OCc1cccc(F)c1. The molecule has 0 saturated carbocycles. The van der Waals surface area contributed by atoms with E-state index >= 15 is 0 Å². The van der Waals surface area contributed by atoms with E-state index in [1.165, 1.54) is 16.8 Å². The van der Waals surface area contributed by atoms with Crippen LogP contribution in [0.1, 0.15) is 43.1 Å². The van der Waals surface area contributed by atoms with Crippen molar-refractivity contribution in [2.75, 3.05) is 7.11 Å². The van der Waals surface area contributed by atoms with Crippen molar-refractivity contribution in [2.45, 2.75) is 32.8 Å². The van der Waals surface area contributed by atoms with Crippen LogP contribution >= 0.6 is 15.9 Å². The zero-order valence-electron chi connectivity index (χ0n) is 19.7. The molecule has 1 heterocycles. The van der Waals surface area contributed by atoms with E-state index in [1.54, 1.807) is 37.6 Å². The number of benzene rings is 3. The lowest BCUT2D eigenvalue weighted by atomic mass is 10.1. The van der Waals surface area contributed by atoms with Gasteiger partial charge in [-0.1, -0.05) is 48.0 Å². The Kier molecular flexibility index (Phi) is 7.60. The predicted molar refractivity (Wildman–Crippen MR) is 139 cm³/mol.